The van der Waals surface area contributed by atoms with Crippen molar-refractivity contribution >= 4 is 15.9 Å². The molecule has 0 radical (unpaired) electrons. The smallest absolute Gasteiger partial charge is 0.124 e. The molecule has 2 rings (SSSR count). The number of nitrogens with zero attached hydrogens (tertiary/aromatic N) is 1. The first-order chi connectivity index (χ1) is 8.13. The normalized spacial score (nSPS) is 18.2. The van der Waals surface area contributed by atoms with E-state index in [9.17, 15) is 4.39 Å². The van der Waals surface area contributed by atoms with E-state index in [1.807, 2.05) is 6.07 Å². The molecule has 0 spiro atoms. The van der Waals surface area contributed by atoms with E-state index in [-0.39, 0.29) is 11.9 Å². The van der Waals surface area contributed by atoms with Crippen LogP contribution >= 0.6 is 15.9 Å². The van der Waals surface area contributed by atoms with Gasteiger partial charge >= 0.3 is 0 Å². The molecule has 2 nitrogen and oxygen atoms in total. The van der Waals surface area contributed by atoms with Crippen LogP contribution in [0.1, 0.15) is 30.9 Å². The van der Waals surface area contributed by atoms with Crippen molar-refractivity contribution < 1.29 is 4.39 Å². The molecule has 4 heteroatoms. The van der Waals surface area contributed by atoms with Gasteiger partial charge in [-0.2, -0.15) is 0 Å². The van der Waals surface area contributed by atoms with Gasteiger partial charge in [-0.1, -0.05) is 28.4 Å². The minimum Gasteiger partial charge on any atom is -0.329 e. The van der Waals surface area contributed by atoms with Gasteiger partial charge in [0.2, 0.25) is 0 Å². The fourth-order valence-corrected chi connectivity index (χ4v) is 2.95. The first-order valence-corrected chi connectivity index (χ1v) is 6.79. The summed E-state index contributed by atoms with van der Waals surface area (Å²) in [6, 6.07) is 5.62. The van der Waals surface area contributed by atoms with Crippen molar-refractivity contribution in [1.29, 1.82) is 0 Å². The molecule has 0 amide bonds. The molecule has 1 atom stereocenters. The zero-order chi connectivity index (χ0) is 12.4. The maximum atomic E-state index is 13.1. The number of hydrogen-bond donors (Lipinski definition) is 1. The lowest BCUT2D eigenvalue weighted by Crippen LogP contribution is -2.42. The Balaban J connectivity index is 2.21. The Morgan fingerprint density at radius 2 is 2.24 bits per heavy atom. The van der Waals surface area contributed by atoms with E-state index in [1.165, 1.54) is 31.4 Å². The lowest BCUT2D eigenvalue weighted by molar-refractivity contribution is 0.113. The van der Waals surface area contributed by atoms with Gasteiger partial charge < -0.3 is 5.73 Å². The molecule has 2 N–H and O–H groups in total. The molecule has 0 aliphatic heterocycles. The molecule has 1 aromatic carbocycles. The summed E-state index contributed by atoms with van der Waals surface area (Å²) in [6.07, 6.45) is 3.79. The fraction of sp³-hybridized carbons (Fsp3) is 0.538. The molecule has 0 aromatic heterocycles. The van der Waals surface area contributed by atoms with Crippen molar-refractivity contribution in [1.82, 2.24) is 4.90 Å². The van der Waals surface area contributed by atoms with Crippen molar-refractivity contribution in [2.24, 2.45) is 5.73 Å². The number of nitrogens with two attached hydrogens (primary N) is 1. The largest absolute Gasteiger partial charge is 0.329 e. The molecule has 1 aliphatic rings. The van der Waals surface area contributed by atoms with Gasteiger partial charge in [0.05, 0.1) is 0 Å². The Bertz CT molecular complexity index is 393. The summed E-state index contributed by atoms with van der Waals surface area (Å²) in [7, 11) is 2.11. The van der Waals surface area contributed by atoms with Gasteiger partial charge in [-0.05, 0) is 37.6 Å². The summed E-state index contributed by atoms with van der Waals surface area (Å²) in [5.41, 5.74) is 6.95. The molecule has 1 aromatic rings. The third-order valence-electron chi connectivity index (χ3n) is 3.69. The summed E-state index contributed by atoms with van der Waals surface area (Å²) in [6.45, 7) is 0.553. The Morgan fingerprint density at radius 1 is 1.53 bits per heavy atom. The second kappa shape index (κ2) is 5.46. The Hall–Kier alpha value is -0.450. The Kier molecular flexibility index (Phi) is 4.17. The van der Waals surface area contributed by atoms with E-state index >= 15 is 0 Å². The van der Waals surface area contributed by atoms with Gasteiger partial charge in [-0.15, -0.1) is 0 Å². The second-order valence-corrected chi connectivity index (χ2v) is 5.52. The monoisotopic (exact) mass is 300 g/mol. The third-order valence-corrected chi connectivity index (χ3v) is 4.37. The van der Waals surface area contributed by atoms with Crippen LogP contribution in [-0.4, -0.2) is 24.5 Å². The van der Waals surface area contributed by atoms with E-state index < -0.39 is 0 Å². The van der Waals surface area contributed by atoms with Gasteiger partial charge in [0.25, 0.3) is 0 Å². The highest BCUT2D eigenvalue weighted by Crippen LogP contribution is 2.33. The molecule has 1 aliphatic carbocycles. The van der Waals surface area contributed by atoms with E-state index in [2.05, 4.69) is 27.9 Å². The van der Waals surface area contributed by atoms with Crippen LogP contribution in [0, 0.1) is 5.82 Å². The van der Waals surface area contributed by atoms with Crippen LogP contribution in [0.4, 0.5) is 4.39 Å². The molecule has 94 valence electrons. The van der Waals surface area contributed by atoms with Gasteiger partial charge in [0, 0.05) is 23.1 Å². The maximum absolute atomic E-state index is 13.1. The van der Waals surface area contributed by atoms with Crippen molar-refractivity contribution in [3.05, 3.63) is 34.1 Å². The minimum atomic E-state index is -0.220. The van der Waals surface area contributed by atoms with Crippen LogP contribution in [-0.2, 0) is 0 Å². The maximum Gasteiger partial charge on any atom is 0.124 e. The topological polar surface area (TPSA) is 29.3 Å². The average Bonchev–Trinajstić information content (AvgIpc) is 2.19. The van der Waals surface area contributed by atoms with Crippen LogP contribution in [0.15, 0.2) is 22.7 Å². The molecular formula is C13H18BrFN2. The zero-order valence-corrected chi connectivity index (χ0v) is 11.6. The van der Waals surface area contributed by atoms with Crippen LogP contribution in [0.25, 0.3) is 0 Å². The first-order valence-electron chi connectivity index (χ1n) is 6.00. The van der Waals surface area contributed by atoms with E-state index in [4.69, 9.17) is 5.73 Å². The quantitative estimate of drug-likeness (QED) is 0.926. The molecule has 1 fully saturated rings. The number of rotatable bonds is 4. The highest BCUT2D eigenvalue weighted by atomic mass is 79.9. The van der Waals surface area contributed by atoms with Crippen molar-refractivity contribution in [2.75, 3.05) is 13.6 Å². The van der Waals surface area contributed by atoms with Gasteiger partial charge in [0.1, 0.15) is 5.82 Å². The predicted octanol–water partition coefficient (Wildman–Crippen LogP) is 3.07. The highest BCUT2D eigenvalue weighted by molar-refractivity contribution is 9.10. The average molecular weight is 301 g/mol. The highest BCUT2D eigenvalue weighted by Gasteiger charge is 2.28. The lowest BCUT2D eigenvalue weighted by Gasteiger charge is -2.40. The fourth-order valence-electron chi connectivity index (χ4n) is 2.33. The van der Waals surface area contributed by atoms with Crippen LogP contribution in [0.3, 0.4) is 0 Å². The molecule has 0 heterocycles. The molecule has 1 unspecified atom stereocenters. The van der Waals surface area contributed by atoms with E-state index in [1.54, 1.807) is 0 Å². The SMILES string of the molecule is CN(C1CCC1)C(CN)c1ccc(F)cc1Br. The van der Waals surface area contributed by atoms with Gasteiger partial charge in [-0.25, -0.2) is 4.39 Å². The summed E-state index contributed by atoms with van der Waals surface area (Å²) in [4.78, 5) is 2.32. The number of likely N-dealkylation sites (N-methyl/N-ethyl adjacent to an activating group) is 1. The first kappa shape index (κ1) is 13.0. The molecule has 0 saturated heterocycles. The third kappa shape index (κ3) is 2.69. The Labute approximate surface area is 110 Å². The van der Waals surface area contributed by atoms with Crippen molar-refractivity contribution in [2.45, 2.75) is 31.3 Å². The molecule has 1 saturated carbocycles. The molecule has 17 heavy (non-hydrogen) atoms. The number of hydrogen-bond acceptors (Lipinski definition) is 2. The van der Waals surface area contributed by atoms with Crippen molar-refractivity contribution in [3.8, 4) is 0 Å². The minimum absolute atomic E-state index is 0.162. The lowest BCUT2D eigenvalue weighted by atomic mass is 9.89. The summed E-state index contributed by atoms with van der Waals surface area (Å²) in [5, 5.41) is 0. The summed E-state index contributed by atoms with van der Waals surface area (Å²) in [5.74, 6) is -0.220. The summed E-state index contributed by atoms with van der Waals surface area (Å²) >= 11 is 3.42. The molecule has 0 bridgehead atoms. The molecular weight excluding hydrogens is 283 g/mol. The number of benzene rings is 1. The van der Waals surface area contributed by atoms with E-state index in [0.717, 1.165) is 10.0 Å². The Morgan fingerprint density at radius 3 is 2.71 bits per heavy atom. The standard InChI is InChI=1S/C13H18BrFN2/c1-17(10-3-2-4-10)13(8-16)11-6-5-9(15)7-12(11)14/h5-7,10,13H,2-4,8,16H2,1H3. The van der Waals surface area contributed by atoms with Crippen LogP contribution in [0.5, 0.6) is 0 Å². The summed E-state index contributed by atoms with van der Waals surface area (Å²) < 4.78 is 13.9. The van der Waals surface area contributed by atoms with Crippen molar-refractivity contribution in [3.63, 3.8) is 0 Å². The number of halogens is 2. The van der Waals surface area contributed by atoms with Crippen LogP contribution < -0.4 is 5.73 Å². The van der Waals surface area contributed by atoms with E-state index in [0.29, 0.717) is 12.6 Å². The zero-order valence-electron chi connectivity index (χ0n) is 10.00. The van der Waals surface area contributed by atoms with Gasteiger partial charge in [0.15, 0.2) is 0 Å². The van der Waals surface area contributed by atoms with Gasteiger partial charge in [-0.3, -0.25) is 4.90 Å². The predicted molar refractivity (Wildman–Crippen MR) is 71.3 cm³/mol. The van der Waals surface area contributed by atoms with Crippen LogP contribution in [0.2, 0.25) is 0 Å². The second-order valence-electron chi connectivity index (χ2n) is 4.67.